The van der Waals surface area contributed by atoms with Crippen LogP contribution in [0.15, 0.2) is 48.5 Å². The van der Waals surface area contributed by atoms with Crippen molar-refractivity contribution in [1.29, 1.82) is 0 Å². The van der Waals surface area contributed by atoms with Crippen LogP contribution in [0.2, 0.25) is 0 Å². The van der Waals surface area contributed by atoms with Gasteiger partial charge in [-0.3, -0.25) is 14.4 Å². The molecule has 1 aromatic heterocycles. The van der Waals surface area contributed by atoms with Gasteiger partial charge in [-0.25, -0.2) is 4.68 Å². The van der Waals surface area contributed by atoms with E-state index < -0.39 is 0 Å². The molecule has 2 amide bonds. The van der Waals surface area contributed by atoms with Crippen LogP contribution in [-0.4, -0.2) is 78.2 Å². The van der Waals surface area contributed by atoms with E-state index in [-0.39, 0.29) is 36.4 Å². The number of anilines is 1. The summed E-state index contributed by atoms with van der Waals surface area (Å²) in [6.45, 7) is 11.9. The fourth-order valence-corrected chi connectivity index (χ4v) is 5.30. The third-order valence-corrected chi connectivity index (χ3v) is 7.82. The molecule has 11 heteroatoms. The number of rotatable bonds is 18. The Labute approximate surface area is 272 Å². The fraction of sp³-hybridized carbons (Fsp3) is 0.514. The number of ether oxygens (including phenoxy) is 2. The second-order valence-corrected chi connectivity index (χ2v) is 12.1. The summed E-state index contributed by atoms with van der Waals surface area (Å²) < 4.78 is 13.2. The summed E-state index contributed by atoms with van der Waals surface area (Å²) in [6.07, 6.45) is 1.24. The molecule has 0 radical (unpaired) electrons. The summed E-state index contributed by atoms with van der Waals surface area (Å²) in [5.41, 5.74) is 5.15. The van der Waals surface area contributed by atoms with Crippen LogP contribution in [0.3, 0.4) is 0 Å². The highest BCUT2D eigenvalue weighted by Gasteiger charge is 2.29. The van der Waals surface area contributed by atoms with Crippen LogP contribution < -0.4 is 15.5 Å². The summed E-state index contributed by atoms with van der Waals surface area (Å²) in [7, 11) is 0. The standard InChI is InChI=1S/C35H48N6O5/c1-25(2)31(42)16-21-46-23-18-37-32(43)14-15-33(44)40-24-27-10-5-6-11-28(27)34-35(29-12-7-8-13-30(29)40)41(39-38-34)19-9-20-45-22-17-36-26(3)4/h5-8,10-13,25-26,36H,9,14-24H2,1-4H3,(H,37,43). The molecule has 0 atom stereocenters. The molecule has 248 valence electrons. The number of nitrogens with one attached hydrogen (secondary N) is 2. The van der Waals surface area contributed by atoms with Gasteiger partial charge in [0.05, 0.1) is 37.7 Å². The third-order valence-electron chi connectivity index (χ3n) is 7.82. The van der Waals surface area contributed by atoms with Gasteiger partial charge >= 0.3 is 0 Å². The molecule has 0 bridgehead atoms. The van der Waals surface area contributed by atoms with Crippen molar-refractivity contribution < 1.29 is 23.9 Å². The van der Waals surface area contributed by atoms with E-state index in [1.807, 2.05) is 67.1 Å². The van der Waals surface area contributed by atoms with Gasteiger partial charge in [0.15, 0.2) is 0 Å². The number of aromatic nitrogens is 3. The van der Waals surface area contributed by atoms with Crippen LogP contribution in [-0.2, 0) is 36.9 Å². The molecule has 2 aromatic carbocycles. The number of Topliss-reactive ketones (excluding diaryl/α,β-unsaturated/α-hetero) is 1. The first-order valence-electron chi connectivity index (χ1n) is 16.4. The van der Waals surface area contributed by atoms with E-state index in [9.17, 15) is 14.4 Å². The van der Waals surface area contributed by atoms with Crippen molar-refractivity contribution in [1.82, 2.24) is 25.6 Å². The van der Waals surface area contributed by atoms with Gasteiger partial charge < -0.3 is 25.0 Å². The van der Waals surface area contributed by atoms with Gasteiger partial charge in [-0.15, -0.1) is 5.10 Å². The zero-order valence-corrected chi connectivity index (χ0v) is 27.6. The highest BCUT2D eigenvalue weighted by atomic mass is 16.5. The molecule has 0 unspecified atom stereocenters. The lowest BCUT2D eigenvalue weighted by molar-refractivity contribution is -0.125. The molecule has 0 saturated carbocycles. The number of amides is 2. The number of hydrogen-bond acceptors (Lipinski definition) is 8. The highest BCUT2D eigenvalue weighted by Crippen LogP contribution is 2.41. The lowest BCUT2D eigenvalue weighted by atomic mass is 9.95. The molecule has 0 spiro atoms. The van der Waals surface area contributed by atoms with Gasteiger partial charge in [-0.05, 0) is 18.1 Å². The van der Waals surface area contributed by atoms with Crippen molar-refractivity contribution >= 4 is 23.3 Å². The average Bonchev–Trinajstić information content (AvgIpc) is 3.45. The van der Waals surface area contributed by atoms with E-state index in [0.717, 1.165) is 46.7 Å². The summed E-state index contributed by atoms with van der Waals surface area (Å²) in [5.74, 6) is -0.221. The average molecular weight is 633 g/mol. The zero-order valence-electron chi connectivity index (χ0n) is 27.6. The number of carbonyl (C=O) groups excluding carboxylic acids is 3. The number of benzene rings is 2. The zero-order chi connectivity index (χ0) is 32.9. The minimum Gasteiger partial charge on any atom is -0.380 e. The molecule has 1 aliphatic heterocycles. The first-order valence-corrected chi connectivity index (χ1v) is 16.4. The van der Waals surface area contributed by atoms with E-state index in [4.69, 9.17) is 9.47 Å². The van der Waals surface area contributed by atoms with Gasteiger partial charge in [-0.2, -0.15) is 0 Å². The number of fused-ring (bicyclic) bond motifs is 5. The molecule has 0 saturated heterocycles. The van der Waals surface area contributed by atoms with Crippen LogP contribution >= 0.6 is 0 Å². The molecular formula is C35H48N6O5. The third kappa shape index (κ3) is 9.78. The van der Waals surface area contributed by atoms with Crippen LogP contribution in [0.4, 0.5) is 5.69 Å². The normalized spacial score (nSPS) is 12.3. The number of nitrogens with zero attached hydrogens (tertiary/aromatic N) is 4. The number of aryl methyl sites for hydroxylation is 1. The van der Waals surface area contributed by atoms with Crippen LogP contribution in [0.5, 0.6) is 0 Å². The first kappa shape index (κ1) is 34.9. The van der Waals surface area contributed by atoms with Gasteiger partial charge in [-0.1, -0.05) is 75.4 Å². The maximum atomic E-state index is 13.8. The van der Waals surface area contributed by atoms with Crippen molar-refractivity contribution in [3.8, 4) is 22.5 Å². The minimum atomic E-state index is -0.220. The van der Waals surface area contributed by atoms with E-state index in [0.29, 0.717) is 58.5 Å². The van der Waals surface area contributed by atoms with Crippen molar-refractivity contribution in [2.45, 2.75) is 72.5 Å². The van der Waals surface area contributed by atoms with Gasteiger partial charge in [0.2, 0.25) is 11.8 Å². The van der Waals surface area contributed by atoms with Crippen molar-refractivity contribution in [2.75, 3.05) is 44.4 Å². The molecule has 2 heterocycles. The Kier molecular flexibility index (Phi) is 13.4. The van der Waals surface area contributed by atoms with Crippen LogP contribution in [0.1, 0.15) is 58.9 Å². The lowest BCUT2D eigenvalue weighted by Gasteiger charge is -2.28. The van der Waals surface area contributed by atoms with Gasteiger partial charge in [0, 0.05) is 68.6 Å². The van der Waals surface area contributed by atoms with Gasteiger partial charge in [0.1, 0.15) is 11.5 Å². The highest BCUT2D eigenvalue weighted by molar-refractivity contribution is 6.01. The smallest absolute Gasteiger partial charge is 0.227 e. The summed E-state index contributed by atoms with van der Waals surface area (Å²) in [5, 5.41) is 15.3. The first-order chi connectivity index (χ1) is 22.3. The lowest BCUT2D eigenvalue weighted by Crippen LogP contribution is -2.34. The Morgan fingerprint density at radius 2 is 1.57 bits per heavy atom. The van der Waals surface area contributed by atoms with E-state index in [1.165, 1.54) is 0 Å². The maximum absolute atomic E-state index is 13.8. The Morgan fingerprint density at radius 1 is 0.848 bits per heavy atom. The molecule has 0 aliphatic carbocycles. The number of hydrogen-bond donors (Lipinski definition) is 2. The van der Waals surface area contributed by atoms with Crippen molar-refractivity contribution in [3.63, 3.8) is 0 Å². The minimum absolute atomic E-state index is 0.0110. The number of para-hydroxylation sites is 1. The van der Waals surface area contributed by atoms with E-state index in [2.05, 4.69) is 34.8 Å². The summed E-state index contributed by atoms with van der Waals surface area (Å²) >= 11 is 0. The summed E-state index contributed by atoms with van der Waals surface area (Å²) in [4.78, 5) is 39.8. The topological polar surface area (TPSA) is 128 Å². The van der Waals surface area contributed by atoms with E-state index in [1.54, 1.807) is 4.90 Å². The second kappa shape index (κ2) is 17.7. The SMILES string of the molecule is CC(C)NCCOCCCn1nnc2c1-c1ccccc1N(C(=O)CCC(=O)NCCOCCC(=O)C(C)C)Cc1ccccc1-2. The monoisotopic (exact) mass is 632 g/mol. The molecule has 4 rings (SSSR count). The predicted molar refractivity (Wildman–Crippen MR) is 178 cm³/mol. The molecule has 0 fully saturated rings. The Bertz CT molecular complexity index is 1450. The van der Waals surface area contributed by atoms with Crippen LogP contribution in [0.25, 0.3) is 22.5 Å². The Morgan fingerprint density at radius 3 is 2.35 bits per heavy atom. The second-order valence-electron chi connectivity index (χ2n) is 12.1. The Hall–Kier alpha value is -3.93. The van der Waals surface area contributed by atoms with Gasteiger partial charge in [0.25, 0.3) is 0 Å². The Balaban J connectivity index is 1.42. The molecule has 1 aliphatic rings. The molecule has 3 aromatic rings. The quantitative estimate of drug-likeness (QED) is 0.198. The predicted octanol–water partition coefficient (Wildman–Crippen LogP) is 4.39. The van der Waals surface area contributed by atoms with Crippen molar-refractivity contribution in [2.24, 2.45) is 5.92 Å². The molecular weight excluding hydrogens is 584 g/mol. The van der Waals surface area contributed by atoms with Crippen molar-refractivity contribution in [3.05, 3.63) is 54.1 Å². The van der Waals surface area contributed by atoms with Crippen LogP contribution in [0, 0.1) is 5.92 Å². The molecule has 11 nitrogen and oxygen atoms in total. The number of carbonyl (C=O) groups is 3. The molecule has 46 heavy (non-hydrogen) atoms. The van der Waals surface area contributed by atoms with E-state index >= 15 is 0 Å². The number of ketones is 1. The summed E-state index contributed by atoms with van der Waals surface area (Å²) in [6, 6.07) is 16.2. The maximum Gasteiger partial charge on any atom is 0.227 e. The fourth-order valence-electron chi connectivity index (χ4n) is 5.30. The molecule has 2 N–H and O–H groups in total. The largest absolute Gasteiger partial charge is 0.380 e.